The van der Waals surface area contributed by atoms with E-state index in [-0.39, 0.29) is 4.21 Å². The first-order valence-electron chi connectivity index (χ1n) is 5.23. The number of nitrogens with two attached hydrogens (primary N) is 1. The van der Waals surface area contributed by atoms with Crippen molar-refractivity contribution in [2.24, 2.45) is 12.8 Å². The smallest absolute Gasteiger partial charge is 0.270 e. The Hall–Kier alpha value is -0.540. The van der Waals surface area contributed by atoms with E-state index in [2.05, 4.69) is 5.10 Å². The maximum absolute atomic E-state index is 11.3. The van der Waals surface area contributed by atoms with Crippen LogP contribution in [0.5, 0.6) is 0 Å². The summed E-state index contributed by atoms with van der Waals surface area (Å²) in [7, 11) is 3.46. The average Bonchev–Trinajstić information content (AvgIpc) is 2.91. The predicted octanol–water partition coefficient (Wildman–Crippen LogP) is 2.26. The Labute approximate surface area is 124 Å². The van der Waals surface area contributed by atoms with Gasteiger partial charge in [0.1, 0.15) is 9.90 Å². The summed E-state index contributed by atoms with van der Waals surface area (Å²) >= 11 is 2.65. The molecule has 2 N–H and O–H groups in total. The summed E-state index contributed by atoms with van der Waals surface area (Å²) in [5.41, 5.74) is 7.39. The van der Waals surface area contributed by atoms with E-state index in [1.807, 2.05) is 13.3 Å². The highest BCUT2D eigenvalue weighted by molar-refractivity contribution is 8.15. The van der Waals surface area contributed by atoms with E-state index in [0.717, 1.165) is 26.8 Å². The van der Waals surface area contributed by atoms with E-state index in [4.69, 9.17) is 16.4 Å². The van der Waals surface area contributed by atoms with Gasteiger partial charge in [-0.05, 0) is 18.4 Å². The molecular weight excluding hydrogens is 326 g/mol. The van der Waals surface area contributed by atoms with Crippen molar-refractivity contribution in [2.45, 2.75) is 15.8 Å². The van der Waals surface area contributed by atoms with Crippen molar-refractivity contribution in [3.63, 3.8) is 0 Å². The monoisotopic (exact) mass is 337 g/mol. The summed E-state index contributed by atoms with van der Waals surface area (Å²) in [6.07, 6.45) is 1.95. The van der Waals surface area contributed by atoms with Crippen LogP contribution in [-0.4, -0.2) is 24.5 Å². The number of hydrogen-bond donors (Lipinski definition) is 1. The van der Waals surface area contributed by atoms with Crippen LogP contribution in [0.1, 0.15) is 5.56 Å². The molecule has 2 aromatic heterocycles. The molecule has 0 atom stereocenters. The summed E-state index contributed by atoms with van der Waals surface area (Å²) in [5, 5.41) is 5.38. The zero-order valence-electron chi connectivity index (χ0n) is 10.3. The van der Waals surface area contributed by atoms with Gasteiger partial charge in [-0.15, -0.1) is 23.1 Å². The maximum atomic E-state index is 11.3. The Kier molecular flexibility index (Phi) is 4.26. The molecule has 0 radical (unpaired) electrons. The molecule has 0 aromatic carbocycles. The van der Waals surface area contributed by atoms with E-state index in [0.29, 0.717) is 12.2 Å². The fraction of sp³-hybridized carbons (Fsp3) is 0.300. The van der Waals surface area contributed by atoms with E-state index in [1.165, 1.54) is 6.07 Å². The maximum Gasteiger partial charge on any atom is 0.270 e. The van der Waals surface area contributed by atoms with Gasteiger partial charge in [-0.1, -0.05) is 0 Å². The minimum absolute atomic E-state index is 0.114. The van der Waals surface area contributed by atoms with Gasteiger partial charge >= 0.3 is 0 Å². The van der Waals surface area contributed by atoms with Crippen LogP contribution in [0.2, 0.25) is 0 Å². The molecule has 0 saturated carbocycles. The van der Waals surface area contributed by atoms with Crippen LogP contribution in [0.3, 0.4) is 0 Å². The Balaban J connectivity index is 2.56. The van der Waals surface area contributed by atoms with Gasteiger partial charge in [-0.3, -0.25) is 4.68 Å². The molecule has 0 saturated heterocycles. The Bertz CT molecular complexity index is 706. The minimum Gasteiger partial charge on any atom is -0.326 e. The number of hydrogen-bond acceptors (Lipinski definition) is 6. The van der Waals surface area contributed by atoms with Gasteiger partial charge in [0.25, 0.3) is 9.05 Å². The number of aryl methyl sites for hydroxylation is 1. The standard InChI is InChI=1S/C10H12ClN3O2S3/c1-14-10(17-2)6(5-12)9(13-14)7-3-4-8(18-7)19(11,15)16/h3-4H,5,12H2,1-2H3. The molecule has 0 aliphatic rings. The molecule has 0 aliphatic heterocycles. The van der Waals surface area contributed by atoms with E-state index >= 15 is 0 Å². The zero-order chi connectivity index (χ0) is 14.2. The van der Waals surface area contributed by atoms with Crippen LogP contribution in [0, 0.1) is 0 Å². The number of thiophene rings is 1. The van der Waals surface area contributed by atoms with Crippen molar-refractivity contribution >= 4 is 42.8 Å². The lowest BCUT2D eigenvalue weighted by molar-refractivity contribution is 0.611. The summed E-state index contributed by atoms with van der Waals surface area (Å²) in [5.74, 6) is 0. The second-order valence-electron chi connectivity index (χ2n) is 3.72. The van der Waals surface area contributed by atoms with Gasteiger partial charge < -0.3 is 5.73 Å². The van der Waals surface area contributed by atoms with Crippen molar-refractivity contribution in [1.29, 1.82) is 0 Å². The SMILES string of the molecule is CSc1c(CN)c(-c2ccc(S(=O)(=O)Cl)s2)nn1C. The summed E-state index contributed by atoms with van der Waals surface area (Å²) in [6, 6.07) is 3.18. The number of rotatable bonds is 4. The average molecular weight is 338 g/mol. The first-order chi connectivity index (χ1) is 8.88. The van der Waals surface area contributed by atoms with Crippen LogP contribution >= 0.6 is 33.8 Å². The topological polar surface area (TPSA) is 78.0 Å². The molecule has 5 nitrogen and oxygen atoms in total. The Morgan fingerprint density at radius 3 is 2.68 bits per heavy atom. The van der Waals surface area contributed by atoms with Crippen LogP contribution < -0.4 is 5.73 Å². The van der Waals surface area contributed by atoms with E-state index in [1.54, 1.807) is 22.5 Å². The highest BCUT2D eigenvalue weighted by Crippen LogP contribution is 2.36. The molecule has 2 rings (SSSR count). The molecule has 2 aromatic rings. The van der Waals surface area contributed by atoms with Gasteiger partial charge in [0.05, 0.1) is 9.90 Å². The molecule has 0 unspecified atom stereocenters. The molecule has 0 fully saturated rings. The first kappa shape index (κ1) is 14.9. The summed E-state index contributed by atoms with van der Waals surface area (Å²) in [6.45, 7) is 0.347. The lowest BCUT2D eigenvalue weighted by Gasteiger charge is -1.99. The highest BCUT2D eigenvalue weighted by atomic mass is 35.7. The van der Waals surface area contributed by atoms with Crippen LogP contribution in [0.25, 0.3) is 10.6 Å². The quantitative estimate of drug-likeness (QED) is 0.684. The highest BCUT2D eigenvalue weighted by Gasteiger charge is 2.20. The van der Waals surface area contributed by atoms with Gasteiger partial charge in [0, 0.05) is 29.8 Å². The second kappa shape index (κ2) is 5.45. The third-order valence-electron chi connectivity index (χ3n) is 2.54. The Morgan fingerprint density at radius 2 is 2.21 bits per heavy atom. The normalized spacial score (nSPS) is 12.0. The molecule has 9 heteroatoms. The van der Waals surface area contributed by atoms with Gasteiger partial charge in [-0.25, -0.2) is 8.42 Å². The van der Waals surface area contributed by atoms with Gasteiger partial charge in [0.2, 0.25) is 0 Å². The third-order valence-corrected chi connectivity index (χ3v) is 6.62. The first-order valence-corrected chi connectivity index (χ1v) is 9.58. The lowest BCUT2D eigenvalue weighted by Crippen LogP contribution is -1.99. The molecule has 0 bridgehead atoms. The van der Waals surface area contributed by atoms with E-state index < -0.39 is 9.05 Å². The van der Waals surface area contributed by atoms with Gasteiger partial charge in [0.15, 0.2) is 0 Å². The third kappa shape index (κ3) is 2.82. The number of nitrogens with zero attached hydrogens (tertiary/aromatic N) is 2. The Morgan fingerprint density at radius 1 is 1.53 bits per heavy atom. The lowest BCUT2D eigenvalue weighted by atomic mass is 10.2. The van der Waals surface area contributed by atoms with Gasteiger partial charge in [-0.2, -0.15) is 5.10 Å². The van der Waals surface area contributed by atoms with Crippen LogP contribution in [0.4, 0.5) is 0 Å². The molecule has 104 valence electrons. The fourth-order valence-corrected chi connectivity index (χ4v) is 4.59. The molecule has 2 heterocycles. The fourth-order valence-electron chi connectivity index (χ4n) is 1.77. The predicted molar refractivity (Wildman–Crippen MR) is 79.2 cm³/mol. The number of thioether (sulfide) groups is 1. The molecule has 0 spiro atoms. The summed E-state index contributed by atoms with van der Waals surface area (Å²) < 4.78 is 24.4. The van der Waals surface area contributed by atoms with Crippen molar-refractivity contribution in [1.82, 2.24) is 9.78 Å². The van der Waals surface area contributed by atoms with E-state index in [9.17, 15) is 8.42 Å². The number of halogens is 1. The molecule has 19 heavy (non-hydrogen) atoms. The zero-order valence-corrected chi connectivity index (χ0v) is 13.5. The van der Waals surface area contributed by atoms with Crippen molar-refractivity contribution in [3.8, 4) is 10.6 Å². The number of aromatic nitrogens is 2. The summed E-state index contributed by atoms with van der Waals surface area (Å²) in [4.78, 5) is 0.746. The molecule has 0 amide bonds. The van der Waals surface area contributed by atoms with Crippen molar-refractivity contribution < 1.29 is 8.42 Å². The second-order valence-corrected chi connectivity index (χ2v) is 8.39. The van der Waals surface area contributed by atoms with Crippen molar-refractivity contribution in [3.05, 3.63) is 17.7 Å². The minimum atomic E-state index is -3.70. The van der Waals surface area contributed by atoms with Crippen LogP contribution in [0.15, 0.2) is 21.4 Å². The largest absolute Gasteiger partial charge is 0.326 e. The molecular formula is C10H12ClN3O2S3. The van der Waals surface area contributed by atoms with Crippen molar-refractivity contribution in [2.75, 3.05) is 6.26 Å². The van der Waals surface area contributed by atoms with Crippen LogP contribution in [-0.2, 0) is 22.6 Å². The molecule has 0 aliphatic carbocycles.